The van der Waals surface area contributed by atoms with E-state index >= 15 is 0 Å². The van der Waals surface area contributed by atoms with Crippen LogP contribution in [0.2, 0.25) is 18.1 Å². The quantitative estimate of drug-likeness (QED) is 0.598. The smallest absolute Gasteiger partial charge is 0.192 e. The van der Waals surface area contributed by atoms with Gasteiger partial charge in [0.1, 0.15) is 0 Å². The number of hydrogen-bond donors (Lipinski definition) is 0. The van der Waals surface area contributed by atoms with E-state index in [4.69, 9.17) is 16.2 Å². The summed E-state index contributed by atoms with van der Waals surface area (Å²) >= 11 is 6.42. The normalized spacial score (nSPS) is 20.8. The minimum absolute atomic E-state index is 0.247. The summed E-state index contributed by atoms with van der Waals surface area (Å²) in [5, 5.41) is 0.247. The number of fused-ring (bicyclic) bond motifs is 1. The van der Waals surface area contributed by atoms with Gasteiger partial charge in [0.15, 0.2) is 8.32 Å². The minimum Gasteiger partial charge on any atom is -0.415 e. The van der Waals surface area contributed by atoms with Crippen LogP contribution in [0.3, 0.4) is 0 Å². The van der Waals surface area contributed by atoms with E-state index in [2.05, 4.69) is 58.1 Å². The van der Waals surface area contributed by atoms with Gasteiger partial charge in [-0.15, -0.1) is 0 Å². The SMILES string of the molecule is CC(C)(C)[Si](C)(C)OC[C@@H]1Cc2ccccc2CN1Cl. The molecule has 4 heteroatoms. The molecule has 1 heterocycles. The first-order valence-electron chi connectivity index (χ1n) is 7.34. The molecule has 1 aliphatic heterocycles. The highest BCUT2D eigenvalue weighted by Gasteiger charge is 2.38. The lowest BCUT2D eigenvalue weighted by Gasteiger charge is -2.39. The topological polar surface area (TPSA) is 12.5 Å². The highest BCUT2D eigenvalue weighted by molar-refractivity contribution is 6.74. The molecule has 1 atom stereocenters. The third kappa shape index (κ3) is 3.45. The number of halogens is 1. The second-order valence-corrected chi connectivity index (χ2v) is 12.5. The third-order valence-electron chi connectivity index (χ3n) is 4.73. The molecule has 2 rings (SSSR count). The molecule has 0 unspecified atom stereocenters. The highest BCUT2D eigenvalue weighted by atomic mass is 35.5. The van der Waals surface area contributed by atoms with Crippen molar-refractivity contribution in [3.05, 3.63) is 35.4 Å². The molecule has 0 fully saturated rings. The summed E-state index contributed by atoms with van der Waals surface area (Å²) in [4.78, 5) is 0. The van der Waals surface area contributed by atoms with Crippen molar-refractivity contribution < 1.29 is 4.43 Å². The first-order chi connectivity index (χ1) is 9.21. The Labute approximate surface area is 129 Å². The zero-order valence-electron chi connectivity index (χ0n) is 13.2. The maximum atomic E-state index is 6.42. The summed E-state index contributed by atoms with van der Waals surface area (Å²) in [5.74, 6) is 0. The Bertz CT molecular complexity index is 470. The van der Waals surface area contributed by atoms with Crippen molar-refractivity contribution in [1.29, 1.82) is 0 Å². The Morgan fingerprint density at radius 2 is 1.85 bits per heavy atom. The Morgan fingerprint density at radius 1 is 1.25 bits per heavy atom. The number of nitrogens with zero attached hydrogens (tertiary/aromatic N) is 1. The summed E-state index contributed by atoms with van der Waals surface area (Å²) in [6.45, 7) is 12.9. The van der Waals surface area contributed by atoms with Crippen LogP contribution < -0.4 is 0 Å². The summed E-state index contributed by atoms with van der Waals surface area (Å²) in [7, 11) is -1.70. The van der Waals surface area contributed by atoms with E-state index in [1.54, 1.807) is 0 Å². The first-order valence-corrected chi connectivity index (χ1v) is 10.6. The van der Waals surface area contributed by atoms with Crippen LogP contribution in [0.15, 0.2) is 24.3 Å². The van der Waals surface area contributed by atoms with Crippen molar-refractivity contribution in [1.82, 2.24) is 4.42 Å². The van der Waals surface area contributed by atoms with Gasteiger partial charge in [-0.3, -0.25) is 0 Å². The average molecular weight is 312 g/mol. The largest absolute Gasteiger partial charge is 0.415 e. The zero-order chi connectivity index (χ0) is 15.0. The molecule has 0 aromatic heterocycles. The Hall–Kier alpha value is -0.353. The average Bonchev–Trinajstić information content (AvgIpc) is 2.35. The molecule has 1 aromatic rings. The van der Waals surface area contributed by atoms with Gasteiger partial charge in [0.25, 0.3) is 0 Å². The number of rotatable bonds is 3. The van der Waals surface area contributed by atoms with Crippen LogP contribution in [0.25, 0.3) is 0 Å². The molecule has 20 heavy (non-hydrogen) atoms. The lowest BCUT2D eigenvalue weighted by Crippen LogP contribution is -2.46. The van der Waals surface area contributed by atoms with Crippen LogP contribution in [0.5, 0.6) is 0 Å². The molecule has 112 valence electrons. The zero-order valence-corrected chi connectivity index (χ0v) is 15.0. The molecule has 0 N–H and O–H groups in total. The Balaban J connectivity index is 2.02. The summed E-state index contributed by atoms with van der Waals surface area (Å²) in [5.41, 5.74) is 2.75. The summed E-state index contributed by atoms with van der Waals surface area (Å²) < 4.78 is 8.24. The molecular weight excluding hydrogens is 286 g/mol. The maximum Gasteiger partial charge on any atom is 0.192 e. The van der Waals surface area contributed by atoms with Gasteiger partial charge in [-0.1, -0.05) is 45.0 Å². The third-order valence-corrected chi connectivity index (χ3v) is 9.63. The van der Waals surface area contributed by atoms with Crippen LogP contribution in [-0.2, 0) is 17.4 Å². The maximum absolute atomic E-state index is 6.42. The van der Waals surface area contributed by atoms with Gasteiger partial charge in [0.05, 0.1) is 12.6 Å². The van der Waals surface area contributed by atoms with E-state index in [0.717, 1.165) is 19.6 Å². The van der Waals surface area contributed by atoms with Crippen LogP contribution in [0.1, 0.15) is 31.9 Å². The second-order valence-electron chi connectivity index (χ2n) is 7.26. The molecule has 1 aromatic carbocycles. The molecule has 0 amide bonds. The van der Waals surface area contributed by atoms with E-state index in [1.807, 2.05) is 4.42 Å². The van der Waals surface area contributed by atoms with Gasteiger partial charge >= 0.3 is 0 Å². The number of benzene rings is 1. The predicted molar refractivity (Wildman–Crippen MR) is 88.5 cm³/mol. The first kappa shape index (κ1) is 16.0. The fraction of sp³-hybridized carbons (Fsp3) is 0.625. The molecule has 1 aliphatic rings. The fourth-order valence-corrected chi connectivity index (χ4v) is 3.51. The van der Waals surface area contributed by atoms with Gasteiger partial charge in [-0.25, -0.2) is 4.42 Å². The van der Waals surface area contributed by atoms with Crippen molar-refractivity contribution in [2.45, 2.75) is 57.9 Å². The highest BCUT2D eigenvalue weighted by Crippen LogP contribution is 2.37. The van der Waals surface area contributed by atoms with E-state index in [9.17, 15) is 0 Å². The lowest BCUT2D eigenvalue weighted by atomic mass is 9.96. The Kier molecular flexibility index (Phi) is 4.65. The van der Waals surface area contributed by atoms with E-state index < -0.39 is 8.32 Å². The van der Waals surface area contributed by atoms with Crippen LogP contribution in [0, 0.1) is 0 Å². The van der Waals surface area contributed by atoms with Crippen LogP contribution in [-0.4, -0.2) is 25.4 Å². The standard InChI is InChI=1S/C16H26ClNOSi/c1-16(2,3)20(4,5)19-12-15-10-13-8-6-7-9-14(13)11-18(15)17/h6-9,15H,10-12H2,1-5H3/t15-/m0/s1. The summed E-state index contributed by atoms with van der Waals surface area (Å²) in [6, 6.07) is 8.83. The van der Waals surface area contributed by atoms with Crippen molar-refractivity contribution >= 4 is 20.1 Å². The van der Waals surface area contributed by atoms with E-state index in [0.29, 0.717) is 0 Å². The molecule has 0 radical (unpaired) electrons. The predicted octanol–water partition coefficient (Wildman–Crippen LogP) is 4.59. The van der Waals surface area contributed by atoms with Gasteiger partial charge in [0.2, 0.25) is 0 Å². The van der Waals surface area contributed by atoms with Crippen LogP contribution >= 0.6 is 11.8 Å². The lowest BCUT2D eigenvalue weighted by molar-refractivity contribution is 0.181. The summed E-state index contributed by atoms with van der Waals surface area (Å²) in [6.07, 6.45) is 0.980. The van der Waals surface area contributed by atoms with Crippen molar-refractivity contribution in [2.24, 2.45) is 0 Å². The monoisotopic (exact) mass is 311 g/mol. The van der Waals surface area contributed by atoms with Gasteiger partial charge in [0, 0.05) is 6.54 Å². The molecule has 0 saturated heterocycles. The van der Waals surface area contributed by atoms with Crippen molar-refractivity contribution in [3.63, 3.8) is 0 Å². The molecule has 0 saturated carbocycles. The van der Waals surface area contributed by atoms with Gasteiger partial charge in [-0.2, -0.15) is 0 Å². The molecule has 0 aliphatic carbocycles. The van der Waals surface area contributed by atoms with E-state index in [-0.39, 0.29) is 11.1 Å². The van der Waals surface area contributed by atoms with Crippen LogP contribution in [0.4, 0.5) is 0 Å². The van der Waals surface area contributed by atoms with Crippen molar-refractivity contribution in [2.75, 3.05) is 6.61 Å². The molecular formula is C16H26ClNOSi. The molecule has 0 spiro atoms. The van der Waals surface area contributed by atoms with Gasteiger partial charge < -0.3 is 4.43 Å². The second kappa shape index (κ2) is 5.80. The van der Waals surface area contributed by atoms with E-state index in [1.165, 1.54) is 11.1 Å². The van der Waals surface area contributed by atoms with Crippen molar-refractivity contribution in [3.8, 4) is 0 Å². The minimum atomic E-state index is -1.70. The molecule has 0 bridgehead atoms. The molecule has 2 nitrogen and oxygen atoms in total. The Morgan fingerprint density at radius 3 is 2.45 bits per heavy atom. The van der Waals surface area contributed by atoms with Gasteiger partial charge in [-0.05, 0) is 47.5 Å². The number of hydrogen-bond acceptors (Lipinski definition) is 2. The fourth-order valence-electron chi connectivity index (χ4n) is 2.22.